The molecule has 136 valence electrons. The molecule has 1 fully saturated rings. The molecule has 0 saturated heterocycles. The van der Waals surface area contributed by atoms with Crippen molar-refractivity contribution < 1.29 is 4.74 Å². The van der Waals surface area contributed by atoms with Crippen molar-refractivity contribution >= 4 is 44.0 Å². The van der Waals surface area contributed by atoms with E-state index in [1.807, 2.05) is 18.2 Å². The molecule has 1 aliphatic rings. The molecule has 4 rings (SSSR count). The summed E-state index contributed by atoms with van der Waals surface area (Å²) in [5, 5.41) is 7.43. The van der Waals surface area contributed by atoms with E-state index in [-0.39, 0.29) is 0 Å². The second-order valence-corrected chi connectivity index (χ2v) is 7.47. The van der Waals surface area contributed by atoms with Gasteiger partial charge in [-0.3, -0.25) is 0 Å². The second-order valence-electron chi connectivity index (χ2n) is 6.44. The van der Waals surface area contributed by atoms with Crippen molar-refractivity contribution in [1.29, 1.82) is 0 Å². The molecule has 0 aliphatic heterocycles. The maximum Gasteiger partial charge on any atom is 0.189 e. The number of ether oxygens (including phenoxy) is 1. The fraction of sp³-hybridized carbons (Fsp3) is 0.389. The van der Waals surface area contributed by atoms with Crippen molar-refractivity contribution in [3.8, 4) is 5.75 Å². The molecular weight excluding hydrogens is 348 g/mol. The van der Waals surface area contributed by atoms with Crippen LogP contribution in [0.25, 0.3) is 10.2 Å². The molecule has 1 aromatic carbocycles. The van der Waals surface area contributed by atoms with Gasteiger partial charge in [0, 0.05) is 6.04 Å². The number of hydrogen-bond acceptors (Lipinski definition) is 8. The zero-order valence-corrected chi connectivity index (χ0v) is 15.5. The Kier molecular flexibility index (Phi) is 4.75. The number of rotatable bonds is 5. The Hall–Kier alpha value is -2.61. The highest BCUT2D eigenvalue weighted by atomic mass is 32.1. The summed E-state index contributed by atoms with van der Waals surface area (Å²) < 4.78 is 6.31. The Morgan fingerprint density at radius 1 is 1.15 bits per heavy atom. The number of hydrogen-bond donors (Lipinski definition) is 3. The largest absolute Gasteiger partial charge is 0.497 e. The molecule has 0 atom stereocenters. The Morgan fingerprint density at radius 2 is 1.96 bits per heavy atom. The number of thiazole rings is 1. The van der Waals surface area contributed by atoms with Crippen LogP contribution in [-0.2, 0) is 0 Å². The average molecular weight is 370 g/mol. The van der Waals surface area contributed by atoms with Crippen LogP contribution < -0.4 is 21.1 Å². The summed E-state index contributed by atoms with van der Waals surface area (Å²) in [6.45, 7) is 0. The van der Waals surface area contributed by atoms with E-state index in [9.17, 15) is 0 Å². The van der Waals surface area contributed by atoms with Gasteiger partial charge in [-0.1, -0.05) is 30.6 Å². The predicted octanol–water partition coefficient (Wildman–Crippen LogP) is 4.17. The van der Waals surface area contributed by atoms with E-state index in [0.29, 0.717) is 23.4 Å². The fourth-order valence-corrected chi connectivity index (χ4v) is 4.13. The van der Waals surface area contributed by atoms with Crippen molar-refractivity contribution in [2.45, 2.75) is 38.1 Å². The maximum absolute atomic E-state index is 6.30. The number of nitrogen functional groups attached to an aromatic ring is 1. The van der Waals surface area contributed by atoms with Gasteiger partial charge in [0.15, 0.2) is 16.8 Å². The lowest BCUT2D eigenvalue weighted by Gasteiger charge is -2.24. The first-order chi connectivity index (χ1) is 12.7. The van der Waals surface area contributed by atoms with Crippen LogP contribution in [-0.4, -0.2) is 28.1 Å². The van der Waals surface area contributed by atoms with Crippen LogP contribution in [0.15, 0.2) is 24.5 Å². The number of aromatic nitrogens is 3. The van der Waals surface area contributed by atoms with Gasteiger partial charge in [-0.25, -0.2) is 15.0 Å². The van der Waals surface area contributed by atoms with Crippen LogP contribution in [0.1, 0.15) is 32.1 Å². The van der Waals surface area contributed by atoms with E-state index in [2.05, 4.69) is 25.6 Å². The Morgan fingerprint density at radius 3 is 2.77 bits per heavy atom. The number of nitrogens with zero attached hydrogens (tertiary/aromatic N) is 3. The first-order valence-electron chi connectivity index (χ1n) is 8.81. The van der Waals surface area contributed by atoms with Gasteiger partial charge in [-0.2, -0.15) is 0 Å². The van der Waals surface area contributed by atoms with E-state index >= 15 is 0 Å². The van der Waals surface area contributed by atoms with E-state index in [0.717, 1.165) is 33.9 Å². The first kappa shape index (κ1) is 16.8. The van der Waals surface area contributed by atoms with Crippen molar-refractivity contribution in [1.82, 2.24) is 15.0 Å². The van der Waals surface area contributed by atoms with Crippen molar-refractivity contribution in [2.24, 2.45) is 0 Å². The summed E-state index contributed by atoms with van der Waals surface area (Å²) in [5.74, 6) is 2.08. The minimum atomic E-state index is 0.434. The second kappa shape index (κ2) is 7.33. The molecule has 2 heterocycles. The average Bonchev–Trinajstić information content (AvgIpc) is 3.07. The molecule has 0 amide bonds. The summed E-state index contributed by atoms with van der Waals surface area (Å²) in [6.07, 6.45) is 7.66. The Balaban J connectivity index is 1.55. The van der Waals surface area contributed by atoms with Gasteiger partial charge in [0.2, 0.25) is 0 Å². The minimum absolute atomic E-state index is 0.434. The molecule has 0 unspecified atom stereocenters. The van der Waals surface area contributed by atoms with Gasteiger partial charge < -0.3 is 21.1 Å². The summed E-state index contributed by atoms with van der Waals surface area (Å²) >= 11 is 1.53. The highest BCUT2D eigenvalue weighted by Gasteiger charge is 2.17. The van der Waals surface area contributed by atoms with Crippen LogP contribution >= 0.6 is 11.3 Å². The molecule has 0 spiro atoms. The third-order valence-electron chi connectivity index (χ3n) is 4.65. The summed E-state index contributed by atoms with van der Waals surface area (Å²) in [4.78, 5) is 13.2. The monoisotopic (exact) mass is 370 g/mol. The van der Waals surface area contributed by atoms with Gasteiger partial charge in [0.25, 0.3) is 0 Å². The highest BCUT2D eigenvalue weighted by Crippen LogP contribution is 2.33. The first-order valence-corrected chi connectivity index (χ1v) is 9.63. The molecule has 26 heavy (non-hydrogen) atoms. The van der Waals surface area contributed by atoms with Crippen molar-refractivity contribution in [3.05, 3.63) is 24.5 Å². The summed E-state index contributed by atoms with van der Waals surface area (Å²) in [6, 6.07) is 6.24. The maximum atomic E-state index is 6.30. The SMILES string of the molecule is COc1ccc2nc(Nc3ncnc(NC4CCCCC4)c3N)sc2c1. The molecule has 1 saturated carbocycles. The summed E-state index contributed by atoms with van der Waals surface area (Å²) in [5.41, 5.74) is 7.73. The lowest BCUT2D eigenvalue weighted by atomic mass is 9.95. The lowest BCUT2D eigenvalue weighted by Crippen LogP contribution is -2.23. The topological polar surface area (TPSA) is 98.0 Å². The number of fused-ring (bicyclic) bond motifs is 1. The van der Waals surface area contributed by atoms with Crippen molar-refractivity contribution in [2.75, 3.05) is 23.5 Å². The Labute approximate surface area is 156 Å². The zero-order chi connectivity index (χ0) is 17.9. The number of nitrogens with two attached hydrogens (primary N) is 1. The molecule has 2 aromatic heterocycles. The standard InChI is InChI=1S/C18H22N6OS/c1-25-12-7-8-13-14(9-12)26-18(23-13)24-17-15(19)16(20-10-21-17)22-11-5-3-2-4-6-11/h7-11H,2-6,19H2,1H3,(H2,20,21,22,23,24). The Bertz CT molecular complexity index is 906. The van der Waals surface area contributed by atoms with Crippen LogP contribution in [0.3, 0.4) is 0 Å². The molecule has 1 aliphatic carbocycles. The fourth-order valence-electron chi connectivity index (χ4n) is 3.24. The van der Waals surface area contributed by atoms with Crippen LogP contribution in [0, 0.1) is 0 Å². The predicted molar refractivity (Wildman–Crippen MR) is 106 cm³/mol. The third kappa shape index (κ3) is 3.50. The highest BCUT2D eigenvalue weighted by molar-refractivity contribution is 7.22. The van der Waals surface area contributed by atoms with Gasteiger partial charge in [-0.05, 0) is 31.0 Å². The van der Waals surface area contributed by atoms with E-state index < -0.39 is 0 Å². The number of nitrogens with one attached hydrogen (secondary N) is 2. The third-order valence-corrected chi connectivity index (χ3v) is 5.58. The van der Waals surface area contributed by atoms with Crippen LogP contribution in [0.5, 0.6) is 5.75 Å². The zero-order valence-electron chi connectivity index (χ0n) is 14.7. The molecule has 8 heteroatoms. The number of anilines is 4. The molecule has 4 N–H and O–H groups in total. The quantitative estimate of drug-likeness (QED) is 0.620. The smallest absolute Gasteiger partial charge is 0.189 e. The molecular formula is C18H22N6OS. The molecule has 3 aromatic rings. The number of benzene rings is 1. The molecule has 7 nitrogen and oxygen atoms in total. The van der Waals surface area contributed by atoms with Crippen LogP contribution in [0.4, 0.5) is 22.5 Å². The summed E-state index contributed by atoms with van der Waals surface area (Å²) in [7, 11) is 1.66. The van der Waals surface area contributed by atoms with E-state index in [1.165, 1.54) is 36.9 Å². The van der Waals surface area contributed by atoms with Crippen molar-refractivity contribution in [3.63, 3.8) is 0 Å². The van der Waals surface area contributed by atoms with Crippen LogP contribution in [0.2, 0.25) is 0 Å². The van der Waals surface area contributed by atoms with E-state index in [1.54, 1.807) is 7.11 Å². The lowest BCUT2D eigenvalue weighted by molar-refractivity contribution is 0.415. The minimum Gasteiger partial charge on any atom is -0.497 e. The van der Waals surface area contributed by atoms with Gasteiger partial charge in [-0.15, -0.1) is 0 Å². The van der Waals surface area contributed by atoms with Gasteiger partial charge in [0.1, 0.15) is 17.8 Å². The van der Waals surface area contributed by atoms with Gasteiger partial charge >= 0.3 is 0 Å². The normalized spacial score (nSPS) is 15.1. The van der Waals surface area contributed by atoms with E-state index in [4.69, 9.17) is 10.5 Å². The van der Waals surface area contributed by atoms with Gasteiger partial charge in [0.05, 0.1) is 17.3 Å². The number of methoxy groups -OCH3 is 1. The molecule has 0 bridgehead atoms. The molecule has 0 radical (unpaired) electrons.